The molecule has 0 radical (unpaired) electrons. The zero-order chi connectivity index (χ0) is 19.1. The number of esters is 1. The van der Waals surface area contributed by atoms with E-state index in [0.29, 0.717) is 23.3 Å². The van der Waals surface area contributed by atoms with Gasteiger partial charge in [-0.3, -0.25) is 9.59 Å². The number of methoxy groups -OCH3 is 1. The molecule has 0 unspecified atom stereocenters. The first-order valence-electron chi connectivity index (χ1n) is 8.10. The van der Waals surface area contributed by atoms with Crippen LogP contribution in [0.1, 0.15) is 41.0 Å². The largest absolute Gasteiger partial charge is 0.493 e. The number of ether oxygens (including phenoxy) is 3. The summed E-state index contributed by atoms with van der Waals surface area (Å²) >= 11 is 0. The number of hydrogen-bond donors (Lipinski definition) is 0. The molecule has 6 nitrogen and oxygen atoms in total. The number of carbonyl (C=O) groups is 3. The number of carbonyl (C=O) groups excluding carboxylic acids is 3. The molecule has 2 rings (SSSR count). The average Bonchev–Trinajstić information content (AvgIpc) is 2.66. The molecule has 0 heterocycles. The highest BCUT2D eigenvalue weighted by molar-refractivity contribution is 5.96. The molecule has 0 atom stereocenters. The third kappa shape index (κ3) is 4.92. The Bertz CT molecular complexity index is 808. The van der Waals surface area contributed by atoms with Gasteiger partial charge in [0.05, 0.1) is 7.11 Å². The molecule has 0 amide bonds. The van der Waals surface area contributed by atoms with Crippen LogP contribution in [0.2, 0.25) is 0 Å². The van der Waals surface area contributed by atoms with Crippen LogP contribution in [0, 0.1) is 0 Å². The lowest BCUT2D eigenvalue weighted by Gasteiger charge is -2.11. The summed E-state index contributed by atoms with van der Waals surface area (Å²) < 4.78 is 15.7. The van der Waals surface area contributed by atoms with E-state index in [1.54, 1.807) is 37.3 Å². The topological polar surface area (TPSA) is 78.9 Å². The Hall–Kier alpha value is -3.15. The average molecular weight is 356 g/mol. The van der Waals surface area contributed by atoms with Gasteiger partial charge in [0.2, 0.25) is 0 Å². The van der Waals surface area contributed by atoms with Crippen LogP contribution in [-0.2, 0) is 4.79 Å². The van der Waals surface area contributed by atoms with Gasteiger partial charge in [0.15, 0.2) is 29.7 Å². The molecule has 0 bridgehead atoms. The second kappa shape index (κ2) is 8.80. The van der Waals surface area contributed by atoms with E-state index in [4.69, 9.17) is 14.2 Å². The van der Waals surface area contributed by atoms with Crippen molar-refractivity contribution in [2.75, 3.05) is 13.7 Å². The predicted octanol–water partition coefficient (Wildman–Crippen LogP) is 3.47. The van der Waals surface area contributed by atoms with Crippen molar-refractivity contribution in [3.8, 4) is 17.2 Å². The van der Waals surface area contributed by atoms with Crippen LogP contribution in [0.25, 0.3) is 0 Å². The van der Waals surface area contributed by atoms with Gasteiger partial charge in [-0.15, -0.1) is 0 Å². The molecule has 0 aromatic heterocycles. The molecule has 0 aliphatic rings. The second-order valence-electron chi connectivity index (χ2n) is 5.49. The van der Waals surface area contributed by atoms with Crippen molar-refractivity contribution in [1.29, 1.82) is 0 Å². The fourth-order valence-corrected chi connectivity index (χ4v) is 2.21. The van der Waals surface area contributed by atoms with Gasteiger partial charge in [0, 0.05) is 17.5 Å². The normalized spacial score (nSPS) is 10.1. The van der Waals surface area contributed by atoms with Crippen LogP contribution >= 0.6 is 0 Å². The van der Waals surface area contributed by atoms with E-state index in [1.165, 1.54) is 26.2 Å². The molecule has 0 saturated carbocycles. The third-order valence-electron chi connectivity index (χ3n) is 3.65. The molecular formula is C20H20O6. The highest BCUT2D eigenvalue weighted by atomic mass is 16.6. The zero-order valence-corrected chi connectivity index (χ0v) is 14.9. The predicted molar refractivity (Wildman–Crippen MR) is 95.2 cm³/mol. The minimum atomic E-state index is -0.618. The van der Waals surface area contributed by atoms with Gasteiger partial charge in [0.1, 0.15) is 5.75 Å². The van der Waals surface area contributed by atoms with Crippen LogP contribution in [-0.4, -0.2) is 31.3 Å². The van der Waals surface area contributed by atoms with Crippen molar-refractivity contribution in [3.63, 3.8) is 0 Å². The number of rotatable bonds is 8. The van der Waals surface area contributed by atoms with Gasteiger partial charge in [-0.2, -0.15) is 0 Å². The Morgan fingerprint density at radius 1 is 0.923 bits per heavy atom. The van der Waals surface area contributed by atoms with Crippen LogP contribution in [0.5, 0.6) is 17.2 Å². The van der Waals surface area contributed by atoms with Gasteiger partial charge in [0.25, 0.3) is 0 Å². The summed E-state index contributed by atoms with van der Waals surface area (Å²) in [6.45, 7) is 2.92. The molecule has 26 heavy (non-hydrogen) atoms. The maximum Gasteiger partial charge on any atom is 0.349 e. The Kier molecular flexibility index (Phi) is 6.49. The minimum Gasteiger partial charge on any atom is -0.493 e. The van der Waals surface area contributed by atoms with E-state index < -0.39 is 5.97 Å². The number of hydrogen-bond acceptors (Lipinski definition) is 6. The monoisotopic (exact) mass is 356 g/mol. The van der Waals surface area contributed by atoms with E-state index >= 15 is 0 Å². The van der Waals surface area contributed by atoms with Gasteiger partial charge in [-0.1, -0.05) is 6.92 Å². The molecule has 136 valence electrons. The van der Waals surface area contributed by atoms with Gasteiger partial charge in [-0.25, -0.2) is 4.79 Å². The lowest BCUT2D eigenvalue weighted by molar-refractivity contribution is -0.136. The lowest BCUT2D eigenvalue weighted by atomic mass is 10.1. The van der Waals surface area contributed by atoms with Crippen molar-refractivity contribution in [1.82, 2.24) is 0 Å². The highest BCUT2D eigenvalue weighted by Crippen LogP contribution is 2.28. The minimum absolute atomic E-state index is 0.0389. The zero-order valence-electron chi connectivity index (χ0n) is 14.9. The van der Waals surface area contributed by atoms with Crippen LogP contribution < -0.4 is 14.2 Å². The third-order valence-corrected chi connectivity index (χ3v) is 3.65. The highest BCUT2D eigenvalue weighted by Gasteiger charge is 2.13. The number of benzene rings is 2. The molecule has 0 spiro atoms. The number of ketones is 2. The molecule has 6 heteroatoms. The SMILES string of the molecule is CCC(=O)c1ccc(OCC(=O)Oc2ccc(C(C)=O)cc2OC)cc1. The molecule has 0 saturated heterocycles. The fourth-order valence-electron chi connectivity index (χ4n) is 2.21. The van der Waals surface area contributed by atoms with Crippen LogP contribution in [0.3, 0.4) is 0 Å². The van der Waals surface area contributed by atoms with Crippen molar-refractivity contribution < 1.29 is 28.6 Å². The molecule has 0 N–H and O–H groups in total. The van der Waals surface area contributed by atoms with Gasteiger partial charge >= 0.3 is 5.97 Å². The molecule has 0 aliphatic heterocycles. The van der Waals surface area contributed by atoms with Crippen molar-refractivity contribution >= 4 is 17.5 Å². The standard InChI is InChI=1S/C20H20O6/c1-4-17(22)14-5-8-16(9-6-14)25-12-20(23)26-18-10-7-15(13(2)21)11-19(18)24-3/h5-11H,4,12H2,1-3H3. The van der Waals surface area contributed by atoms with E-state index in [0.717, 1.165) is 0 Å². The Morgan fingerprint density at radius 3 is 2.15 bits per heavy atom. The second-order valence-corrected chi connectivity index (χ2v) is 5.49. The maximum atomic E-state index is 12.0. The first kappa shape index (κ1) is 19.2. The molecule has 2 aromatic rings. The van der Waals surface area contributed by atoms with E-state index in [1.807, 2.05) is 0 Å². The quantitative estimate of drug-likeness (QED) is 0.409. The summed E-state index contributed by atoms with van der Waals surface area (Å²) in [4.78, 5) is 34.9. The molecular weight excluding hydrogens is 336 g/mol. The van der Waals surface area contributed by atoms with E-state index in [2.05, 4.69) is 0 Å². The van der Waals surface area contributed by atoms with Crippen molar-refractivity contribution in [2.45, 2.75) is 20.3 Å². The summed E-state index contributed by atoms with van der Waals surface area (Å²) in [6.07, 6.45) is 0.427. The molecule has 0 aliphatic carbocycles. The van der Waals surface area contributed by atoms with Crippen LogP contribution in [0.15, 0.2) is 42.5 Å². The summed E-state index contributed by atoms with van der Waals surface area (Å²) in [7, 11) is 1.42. The summed E-state index contributed by atoms with van der Waals surface area (Å²) in [5, 5.41) is 0. The van der Waals surface area contributed by atoms with Gasteiger partial charge < -0.3 is 14.2 Å². The summed E-state index contributed by atoms with van der Waals surface area (Å²) in [5.41, 5.74) is 1.05. The van der Waals surface area contributed by atoms with Crippen molar-refractivity contribution in [2.24, 2.45) is 0 Å². The van der Waals surface area contributed by atoms with Crippen LogP contribution in [0.4, 0.5) is 0 Å². The Balaban J connectivity index is 1.96. The van der Waals surface area contributed by atoms with E-state index in [9.17, 15) is 14.4 Å². The fraction of sp³-hybridized carbons (Fsp3) is 0.250. The first-order valence-corrected chi connectivity index (χ1v) is 8.10. The lowest BCUT2D eigenvalue weighted by Crippen LogP contribution is -2.18. The Morgan fingerprint density at radius 2 is 1.58 bits per heavy atom. The molecule has 0 fully saturated rings. The van der Waals surface area contributed by atoms with Crippen molar-refractivity contribution in [3.05, 3.63) is 53.6 Å². The molecule has 2 aromatic carbocycles. The smallest absolute Gasteiger partial charge is 0.349 e. The first-order chi connectivity index (χ1) is 12.4. The van der Waals surface area contributed by atoms with E-state index in [-0.39, 0.29) is 29.7 Å². The van der Waals surface area contributed by atoms with Gasteiger partial charge in [-0.05, 0) is 49.4 Å². The summed E-state index contributed by atoms with van der Waals surface area (Å²) in [5.74, 6) is 0.246. The summed E-state index contributed by atoms with van der Waals surface area (Å²) in [6, 6.07) is 11.1. The maximum absolute atomic E-state index is 12.0. The Labute approximate surface area is 151 Å². The number of Topliss-reactive ketones (excluding diaryl/α,β-unsaturated/α-hetero) is 2.